The van der Waals surface area contributed by atoms with E-state index in [1.165, 1.54) is 6.42 Å². The molecule has 0 aliphatic heterocycles. The van der Waals surface area contributed by atoms with Crippen LogP contribution in [0.2, 0.25) is 5.02 Å². The van der Waals surface area contributed by atoms with E-state index in [4.69, 9.17) is 28.6 Å². The molecule has 1 saturated carbocycles. The Morgan fingerprint density at radius 3 is 2.57 bits per heavy atom. The molecule has 5 nitrogen and oxygen atoms in total. The quantitative estimate of drug-likeness (QED) is 0.475. The van der Waals surface area contributed by atoms with Crippen molar-refractivity contribution in [1.82, 2.24) is 5.32 Å². The Kier molecular flexibility index (Phi) is 7.82. The largest absolute Gasteiger partial charge is 0.496 e. The smallest absolute Gasteiger partial charge is 0.229 e. The van der Waals surface area contributed by atoms with Gasteiger partial charge in [0.15, 0.2) is 10.9 Å². The molecule has 2 aromatic carbocycles. The number of anilines is 1. The lowest BCUT2D eigenvalue weighted by Crippen LogP contribution is -2.39. The molecule has 30 heavy (non-hydrogen) atoms. The Labute approximate surface area is 187 Å². The molecule has 0 aromatic heterocycles. The van der Waals surface area contributed by atoms with Crippen molar-refractivity contribution in [2.75, 3.05) is 12.4 Å². The summed E-state index contributed by atoms with van der Waals surface area (Å²) in [6, 6.07) is 12.3. The number of benzene rings is 2. The third-order valence-electron chi connectivity index (χ3n) is 5.28. The van der Waals surface area contributed by atoms with Crippen molar-refractivity contribution in [3.05, 3.63) is 58.6 Å². The monoisotopic (exact) mass is 444 g/mol. The van der Waals surface area contributed by atoms with E-state index < -0.39 is 0 Å². The number of thiocarbonyl (C=S) groups is 1. The van der Waals surface area contributed by atoms with Gasteiger partial charge < -0.3 is 15.4 Å². The summed E-state index contributed by atoms with van der Waals surface area (Å²) < 4.78 is 5.46. The minimum absolute atomic E-state index is 0.0267. The normalized spacial score (nSPS) is 14.1. The number of amides is 1. The summed E-state index contributed by atoms with van der Waals surface area (Å²) >= 11 is 11.4. The van der Waals surface area contributed by atoms with E-state index in [1.807, 2.05) is 6.07 Å². The van der Waals surface area contributed by atoms with Crippen LogP contribution in [0.15, 0.2) is 42.5 Å². The molecule has 0 saturated heterocycles. The maximum absolute atomic E-state index is 12.6. The molecular weight excluding hydrogens is 420 g/mol. The number of hydrogen-bond donors (Lipinski definition) is 2. The molecule has 0 radical (unpaired) electrons. The van der Waals surface area contributed by atoms with E-state index in [2.05, 4.69) is 10.6 Å². The second kappa shape index (κ2) is 10.5. The number of halogens is 1. The first kappa shape index (κ1) is 22.2. The van der Waals surface area contributed by atoms with Crippen molar-refractivity contribution in [1.29, 1.82) is 0 Å². The van der Waals surface area contributed by atoms with Gasteiger partial charge in [0.05, 0.1) is 12.1 Å². The maximum Gasteiger partial charge on any atom is 0.229 e. The van der Waals surface area contributed by atoms with Gasteiger partial charge in [-0.15, -0.1) is 0 Å². The third-order valence-corrected chi connectivity index (χ3v) is 5.82. The lowest BCUT2D eigenvalue weighted by atomic mass is 9.89. The van der Waals surface area contributed by atoms with Crippen molar-refractivity contribution < 1.29 is 14.3 Å². The standard InChI is InChI=1S/C23H25ClN2O3S/c1-29-21-14-17(25-23(30)26-22(28)15-7-3-2-4-8-15)12-11-16(21)13-20(27)18-9-5-6-10-19(18)24/h5-6,9-12,14-15H,2-4,7-8,13H2,1H3,(H2,25,26,28,30). The number of ketones is 1. The number of carbonyl (C=O) groups excluding carboxylic acids is 2. The topological polar surface area (TPSA) is 67.4 Å². The minimum atomic E-state index is -0.0881. The van der Waals surface area contributed by atoms with Gasteiger partial charge in [-0.3, -0.25) is 9.59 Å². The van der Waals surface area contributed by atoms with Crippen LogP contribution >= 0.6 is 23.8 Å². The van der Waals surface area contributed by atoms with Gasteiger partial charge in [0, 0.05) is 35.2 Å². The average molecular weight is 445 g/mol. The highest BCUT2D eigenvalue weighted by atomic mass is 35.5. The Morgan fingerprint density at radius 2 is 1.87 bits per heavy atom. The first-order valence-electron chi connectivity index (χ1n) is 10.0. The molecule has 0 spiro atoms. The Morgan fingerprint density at radius 1 is 1.13 bits per heavy atom. The minimum Gasteiger partial charge on any atom is -0.496 e. The SMILES string of the molecule is COc1cc(NC(=S)NC(=O)C2CCCCC2)ccc1CC(=O)c1ccccc1Cl. The van der Waals surface area contributed by atoms with Gasteiger partial charge in [-0.05, 0) is 43.3 Å². The summed E-state index contributed by atoms with van der Waals surface area (Å²) in [5.74, 6) is 0.476. The Hall–Kier alpha value is -2.44. The van der Waals surface area contributed by atoms with Gasteiger partial charge in [-0.25, -0.2) is 0 Å². The lowest BCUT2D eigenvalue weighted by Gasteiger charge is -2.21. The average Bonchev–Trinajstić information content (AvgIpc) is 2.75. The number of carbonyl (C=O) groups is 2. The van der Waals surface area contributed by atoms with Gasteiger partial charge in [-0.1, -0.05) is 49.1 Å². The predicted molar refractivity (Wildman–Crippen MR) is 123 cm³/mol. The van der Waals surface area contributed by atoms with Crippen LogP contribution in [-0.4, -0.2) is 23.9 Å². The van der Waals surface area contributed by atoms with Crippen molar-refractivity contribution >= 4 is 46.3 Å². The summed E-state index contributed by atoms with van der Waals surface area (Å²) in [5, 5.41) is 6.49. The zero-order valence-electron chi connectivity index (χ0n) is 16.9. The highest BCUT2D eigenvalue weighted by Gasteiger charge is 2.22. The predicted octanol–water partition coefficient (Wildman–Crippen LogP) is 5.17. The van der Waals surface area contributed by atoms with E-state index in [0.717, 1.165) is 31.2 Å². The van der Waals surface area contributed by atoms with Gasteiger partial charge in [0.2, 0.25) is 5.91 Å². The molecule has 1 aliphatic rings. The Balaban J connectivity index is 1.63. The van der Waals surface area contributed by atoms with Gasteiger partial charge in [0.1, 0.15) is 5.75 Å². The number of methoxy groups -OCH3 is 1. The van der Waals surface area contributed by atoms with Crippen molar-refractivity contribution in [3.8, 4) is 5.75 Å². The molecule has 1 aliphatic carbocycles. The Bertz CT molecular complexity index is 942. The fraction of sp³-hybridized carbons (Fsp3) is 0.348. The van der Waals surface area contributed by atoms with Crippen LogP contribution in [0, 0.1) is 5.92 Å². The highest BCUT2D eigenvalue weighted by molar-refractivity contribution is 7.80. The lowest BCUT2D eigenvalue weighted by molar-refractivity contribution is -0.124. The first-order valence-corrected chi connectivity index (χ1v) is 10.8. The summed E-state index contributed by atoms with van der Waals surface area (Å²) in [6.45, 7) is 0. The van der Waals surface area contributed by atoms with Crippen LogP contribution in [-0.2, 0) is 11.2 Å². The van der Waals surface area contributed by atoms with Crippen molar-refractivity contribution in [2.45, 2.75) is 38.5 Å². The fourth-order valence-electron chi connectivity index (χ4n) is 3.66. The second-order valence-corrected chi connectivity index (χ2v) is 8.20. The number of rotatable bonds is 6. The van der Waals surface area contributed by atoms with E-state index >= 15 is 0 Å². The first-order chi connectivity index (χ1) is 14.5. The zero-order chi connectivity index (χ0) is 21.5. The molecule has 1 fully saturated rings. The molecule has 1 amide bonds. The molecule has 2 N–H and O–H groups in total. The number of ether oxygens (including phenoxy) is 1. The summed E-state index contributed by atoms with van der Waals surface area (Å²) in [6.07, 6.45) is 5.36. The van der Waals surface area contributed by atoms with Crippen molar-refractivity contribution in [2.24, 2.45) is 5.92 Å². The molecule has 7 heteroatoms. The molecule has 2 aromatic rings. The van der Waals surface area contributed by atoms with Crippen LogP contribution in [0.3, 0.4) is 0 Å². The molecule has 0 bridgehead atoms. The van der Waals surface area contributed by atoms with Crippen LogP contribution in [0.5, 0.6) is 5.75 Å². The number of hydrogen-bond acceptors (Lipinski definition) is 4. The number of Topliss-reactive ketones (excluding diaryl/α,β-unsaturated/α-hetero) is 1. The zero-order valence-corrected chi connectivity index (χ0v) is 18.4. The summed E-state index contributed by atoms with van der Waals surface area (Å²) in [5.41, 5.74) is 1.90. The van der Waals surface area contributed by atoms with E-state index in [-0.39, 0.29) is 29.1 Å². The van der Waals surface area contributed by atoms with E-state index in [9.17, 15) is 9.59 Å². The third kappa shape index (κ3) is 5.80. The molecule has 0 heterocycles. The summed E-state index contributed by atoms with van der Waals surface area (Å²) in [4.78, 5) is 25.0. The van der Waals surface area contributed by atoms with Crippen LogP contribution in [0.1, 0.15) is 48.0 Å². The van der Waals surface area contributed by atoms with Crippen LogP contribution in [0.4, 0.5) is 5.69 Å². The van der Waals surface area contributed by atoms with Gasteiger partial charge in [0.25, 0.3) is 0 Å². The van der Waals surface area contributed by atoms with Crippen LogP contribution in [0.25, 0.3) is 0 Å². The highest BCUT2D eigenvalue weighted by Crippen LogP contribution is 2.26. The van der Waals surface area contributed by atoms with Gasteiger partial charge in [-0.2, -0.15) is 0 Å². The van der Waals surface area contributed by atoms with E-state index in [1.54, 1.807) is 43.5 Å². The fourth-order valence-corrected chi connectivity index (χ4v) is 4.12. The molecule has 0 unspecified atom stereocenters. The van der Waals surface area contributed by atoms with Crippen LogP contribution < -0.4 is 15.4 Å². The molecule has 3 rings (SSSR count). The molecule has 158 valence electrons. The summed E-state index contributed by atoms with van der Waals surface area (Å²) in [7, 11) is 1.55. The number of nitrogens with one attached hydrogen (secondary N) is 2. The molecular formula is C23H25ClN2O3S. The van der Waals surface area contributed by atoms with E-state index in [0.29, 0.717) is 22.0 Å². The van der Waals surface area contributed by atoms with Crippen molar-refractivity contribution in [3.63, 3.8) is 0 Å². The van der Waals surface area contributed by atoms with Gasteiger partial charge >= 0.3 is 0 Å². The molecule has 0 atom stereocenters. The second-order valence-electron chi connectivity index (χ2n) is 7.38. The maximum atomic E-state index is 12.6.